The summed E-state index contributed by atoms with van der Waals surface area (Å²) in [7, 11) is 0. The van der Waals surface area contributed by atoms with Gasteiger partial charge in [-0.3, -0.25) is 0 Å². The molecule has 0 radical (unpaired) electrons. The lowest BCUT2D eigenvalue weighted by molar-refractivity contribution is 0.573. The van der Waals surface area contributed by atoms with Gasteiger partial charge in [0.05, 0.1) is 0 Å². The number of benzene rings is 1. The van der Waals surface area contributed by atoms with Crippen molar-refractivity contribution >= 4 is 5.69 Å². The first-order valence-electron chi connectivity index (χ1n) is 7.47. The van der Waals surface area contributed by atoms with Crippen LogP contribution in [-0.4, -0.2) is 18.6 Å². The summed E-state index contributed by atoms with van der Waals surface area (Å²) >= 11 is 0. The van der Waals surface area contributed by atoms with E-state index in [-0.39, 0.29) is 11.9 Å². The van der Waals surface area contributed by atoms with Crippen LogP contribution in [0, 0.1) is 5.82 Å². The van der Waals surface area contributed by atoms with Gasteiger partial charge in [0, 0.05) is 29.9 Å². The molecule has 0 amide bonds. The fourth-order valence-electron chi connectivity index (χ4n) is 3.00. The van der Waals surface area contributed by atoms with Crippen molar-refractivity contribution in [3.8, 4) is 0 Å². The highest BCUT2D eigenvalue weighted by atomic mass is 19.1. The highest BCUT2D eigenvalue weighted by Gasteiger charge is 2.26. The molecule has 19 heavy (non-hydrogen) atoms. The average Bonchev–Trinajstić information content (AvgIpc) is 2.89. The highest BCUT2D eigenvalue weighted by Crippen LogP contribution is 2.32. The molecule has 0 bridgehead atoms. The molecule has 2 rings (SSSR count). The molecule has 2 nitrogen and oxygen atoms in total. The highest BCUT2D eigenvalue weighted by molar-refractivity contribution is 5.56. The Hall–Kier alpha value is -1.09. The van der Waals surface area contributed by atoms with E-state index in [1.165, 1.54) is 12.8 Å². The summed E-state index contributed by atoms with van der Waals surface area (Å²) in [5.74, 6) is -0.108. The van der Waals surface area contributed by atoms with E-state index >= 15 is 0 Å². The second-order valence-electron chi connectivity index (χ2n) is 5.51. The normalized spacial score (nSPS) is 20.8. The number of nitrogens with zero attached hydrogens (tertiary/aromatic N) is 1. The summed E-state index contributed by atoms with van der Waals surface area (Å²) < 4.78 is 14.1. The molecule has 1 saturated heterocycles. The second-order valence-corrected chi connectivity index (χ2v) is 5.51. The Balaban J connectivity index is 2.31. The molecule has 0 saturated carbocycles. The van der Waals surface area contributed by atoms with E-state index in [0.717, 1.165) is 30.6 Å². The van der Waals surface area contributed by atoms with Crippen molar-refractivity contribution in [1.82, 2.24) is 0 Å². The van der Waals surface area contributed by atoms with Gasteiger partial charge in [-0.05, 0) is 44.2 Å². The molecule has 1 aromatic rings. The third kappa shape index (κ3) is 3.08. The molecule has 0 spiro atoms. The van der Waals surface area contributed by atoms with Gasteiger partial charge >= 0.3 is 0 Å². The lowest BCUT2D eigenvalue weighted by atomic mass is 10.0. The van der Waals surface area contributed by atoms with E-state index in [4.69, 9.17) is 5.73 Å². The van der Waals surface area contributed by atoms with Gasteiger partial charge in [0.25, 0.3) is 0 Å². The van der Waals surface area contributed by atoms with Crippen LogP contribution in [-0.2, 0) is 6.42 Å². The SMILES string of the molecule is CCC(N)Cc1c(F)cccc1N1CCCC1CC. The van der Waals surface area contributed by atoms with E-state index in [2.05, 4.69) is 24.8 Å². The zero-order chi connectivity index (χ0) is 13.8. The van der Waals surface area contributed by atoms with Crippen molar-refractivity contribution < 1.29 is 4.39 Å². The molecule has 0 aliphatic carbocycles. The Morgan fingerprint density at radius 1 is 1.42 bits per heavy atom. The van der Waals surface area contributed by atoms with E-state index in [9.17, 15) is 4.39 Å². The summed E-state index contributed by atoms with van der Waals surface area (Å²) in [6.07, 6.45) is 5.05. The fraction of sp³-hybridized carbons (Fsp3) is 0.625. The minimum absolute atomic E-state index is 0.0401. The van der Waals surface area contributed by atoms with Gasteiger partial charge in [0.2, 0.25) is 0 Å². The van der Waals surface area contributed by atoms with Gasteiger partial charge in [-0.15, -0.1) is 0 Å². The zero-order valence-corrected chi connectivity index (χ0v) is 12.0. The maximum atomic E-state index is 14.1. The van der Waals surface area contributed by atoms with E-state index in [1.54, 1.807) is 6.07 Å². The summed E-state index contributed by atoms with van der Waals surface area (Å²) in [5, 5.41) is 0. The van der Waals surface area contributed by atoms with Crippen molar-refractivity contribution in [1.29, 1.82) is 0 Å². The number of hydrogen-bond donors (Lipinski definition) is 1. The Morgan fingerprint density at radius 2 is 2.21 bits per heavy atom. The molecule has 3 heteroatoms. The minimum Gasteiger partial charge on any atom is -0.368 e. The van der Waals surface area contributed by atoms with Crippen LogP contribution in [0.25, 0.3) is 0 Å². The smallest absolute Gasteiger partial charge is 0.128 e. The number of nitrogens with two attached hydrogens (primary N) is 1. The zero-order valence-electron chi connectivity index (χ0n) is 12.0. The molecule has 2 unspecified atom stereocenters. The van der Waals surface area contributed by atoms with Gasteiger partial charge in [-0.2, -0.15) is 0 Å². The van der Waals surface area contributed by atoms with Crippen LogP contribution in [0.4, 0.5) is 10.1 Å². The predicted octanol–water partition coefficient (Wildman–Crippen LogP) is 3.48. The average molecular weight is 264 g/mol. The Labute approximate surface area is 115 Å². The molecular weight excluding hydrogens is 239 g/mol. The lowest BCUT2D eigenvalue weighted by Crippen LogP contribution is -2.31. The minimum atomic E-state index is -0.108. The maximum absolute atomic E-state index is 14.1. The fourth-order valence-corrected chi connectivity index (χ4v) is 3.00. The molecule has 1 fully saturated rings. The van der Waals surface area contributed by atoms with Crippen molar-refractivity contribution in [3.63, 3.8) is 0 Å². The van der Waals surface area contributed by atoms with Crippen LogP contribution < -0.4 is 10.6 Å². The van der Waals surface area contributed by atoms with Crippen molar-refractivity contribution in [2.24, 2.45) is 5.73 Å². The van der Waals surface area contributed by atoms with Gasteiger partial charge < -0.3 is 10.6 Å². The first-order chi connectivity index (χ1) is 9.17. The van der Waals surface area contributed by atoms with Crippen LogP contribution in [0.5, 0.6) is 0 Å². The molecule has 106 valence electrons. The maximum Gasteiger partial charge on any atom is 0.128 e. The second kappa shape index (κ2) is 6.38. The van der Waals surface area contributed by atoms with E-state index in [1.807, 2.05) is 6.07 Å². The molecule has 2 atom stereocenters. The summed E-state index contributed by atoms with van der Waals surface area (Å²) in [6.45, 7) is 5.30. The van der Waals surface area contributed by atoms with Crippen LogP contribution >= 0.6 is 0 Å². The van der Waals surface area contributed by atoms with Crippen LogP contribution in [0.2, 0.25) is 0 Å². The van der Waals surface area contributed by atoms with E-state index < -0.39 is 0 Å². The molecular formula is C16H25FN2. The Bertz CT molecular complexity index is 419. The van der Waals surface area contributed by atoms with Crippen LogP contribution in [0.3, 0.4) is 0 Å². The molecule has 2 N–H and O–H groups in total. The number of halogens is 1. The lowest BCUT2D eigenvalue weighted by Gasteiger charge is -2.29. The third-order valence-corrected chi connectivity index (χ3v) is 4.24. The standard InChI is InChI=1S/C16H25FN2/c1-3-12(18)11-14-15(17)8-5-9-16(14)19-10-6-7-13(19)4-2/h5,8-9,12-13H,3-4,6-7,10-11,18H2,1-2H3. The molecule has 1 aliphatic heterocycles. The topological polar surface area (TPSA) is 29.3 Å². The monoisotopic (exact) mass is 264 g/mol. The van der Waals surface area contributed by atoms with E-state index in [0.29, 0.717) is 12.5 Å². The summed E-state index contributed by atoms with van der Waals surface area (Å²) in [6, 6.07) is 6.01. The number of anilines is 1. The van der Waals surface area contributed by atoms with Gasteiger partial charge in [-0.1, -0.05) is 19.9 Å². The summed E-state index contributed by atoms with van der Waals surface area (Å²) in [5.41, 5.74) is 7.89. The molecule has 0 aromatic heterocycles. The predicted molar refractivity (Wildman–Crippen MR) is 79.0 cm³/mol. The Kier molecular flexibility index (Phi) is 4.81. The Morgan fingerprint density at radius 3 is 2.89 bits per heavy atom. The summed E-state index contributed by atoms with van der Waals surface area (Å²) in [4.78, 5) is 2.38. The molecule has 1 aliphatic rings. The largest absolute Gasteiger partial charge is 0.368 e. The molecule has 1 aromatic carbocycles. The van der Waals surface area contributed by atoms with Crippen molar-refractivity contribution in [2.45, 2.75) is 58.0 Å². The molecule has 1 heterocycles. The first kappa shape index (κ1) is 14.3. The number of hydrogen-bond acceptors (Lipinski definition) is 2. The van der Waals surface area contributed by atoms with Gasteiger partial charge in [0.15, 0.2) is 0 Å². The van der Waals surface area contributed by atoms with Crippen LogP contribution in [0.1, 0.15) is 45.1 Å². The van der Waals surface area contributed by atoms with Crippen LogP contribution in [0.15, 0.2) is 18.2 Å². The quantitative estimate of drug-likeness (QED) is 0.882. The third-order valence-electron chi connectivity index (χ3n) is 4.24. The first-order valence-corrected chi connectivity index (χ1v) is 7.47. The van der Waals surface area contributed by atoms with Crippen molar-refractivity contribution in [2.75, 3.05) is 11.4 Å². The van der Waals surface area contributed by atoms with Crippen molar-refractivity contribution in [3.05, 3.63) is 29.6 Å². The van der Waals surface area contributed by atoms with Gasteiger partial charge in [0.1, 0.15) is 5.82 Å². The van der Waals surface area contributed by atoms with Gasteiger partial charge in [-0.25, -0.2) is 4.39 Å². The number of rotatable bonds is 5.